The summed E-state index contributed by atoms with van der Waals surface area (Å²) in [4.78, 5) is 2.71. The summed E-state index contributed by atoms with van der Waals surface area (Å²) in [6.45, 7) is 3.03. The Balaban J connectivity index is 1.68. The van der Waals surface area contributed by atoms with Gasteiger partial charge in [-0.05, 0) is 43.9 Å². The second-order valence-electron chi connectivity index (χ2n) is 6.43. The molecule has 3 aliphatic rings. The molecule has 3 nitrogen and oxygen atoms in total. The Morgan fingerprint density at radius 1 is 1.17 bits per heavy atom. The molecule has 0 aromatic rings. The zero-order valence-electron chi connectivity index (χ0n) is 11.0. The van der Waals surface area contributed by atoms with Gasteiger partial charge in [0.25, 0.3) is 0 Å². The monoisotopic (exact) mass is 317 g/mol. The van der Waals surface area contributed by atoms with Gasteiger partial charge >= 0.3 is 0 Å². The van der Waals surface area contributed by atoms with E-state index in [2.05, 4.69) is 20.8 Å². The smallest absolute Gasteiger partial charge is 0.0570 e. The minimum Gasteiger partial charge on any atom is -0.393 e. The van der Waals surface area contributed by atoms with Crippen LogP contribution in [0.2, 0.25) is 0 Å². The lowest BCUT2D eigenvalue weighted by Crippen LogP contribution is -2.51. The fourth-order valence-corrected chi connectivity index (χ4v) is 4.77. The maximum absolute atomic E-state index is 9.88. The highest BCUT2D eigenvalue weighted by molar-refractivity contribution is 9.09. The maximum atomic E-state index is 9.88. The normalized spacial score (nSPS) is 40.0. The van der Waals surface area contributed by atoms with Crippen molar-refractivity contribution in [1.82, 2.24) is 4.90 Å². The van der Waals surface area contributed by atoms with Crippen molar-refractivity contribution < 1.29 is 9.84 Å². The summed E-state index contributed by atoms with van der Waals surface area (Å²) in [5, 5.41) is 11.0. The van der Waals surface area contributed by atoms with Crippen molar-refractivity contribution >= 4 is 15.9 Å². The van der Waals surface area contributed by atoms with Crippen molar-refractivity contribution in [3.63, 3.8) is 0 Å². The quantitative estimate of drug-likeness (QED) is 0.810. The van der Waals surface area contributed by atoms with Crippen molar-refractivity contribution in [2.45, 2.75) is 56.7 Å². The fraction of sp³-hybridized carbons (Fsp3) is 1.00. The molecular weight excluding hydrogens is 294 g/mol. The second-order valence-corrected chi connectivity index (χ2v) is 6.99. The molecule has 3 heterocycles. The van der Waals surface area contributed by atoms with E-state index in [0.717, 1.165) is 31.4 Å². The van der Waals surface area contributed by atoms with E-state index in [1.54, 1.807) is 0 Å². The van der Waals surface area contributed by atoms with Crippen LogP contribution in [0, 0.1) is 5.41 Å². The Kier molecular flexibility index (Phi) is 4.00. The van der Waals surface area contributed by atoms with Crippen molar-refractivity contribution in [2.75, 3.05) is 25.1 Å². The van der Waals surface area contributed by atoms with E-state index in [1.165, 1.54) is 32.2 Å². The maximum Gasteiger partial charge on any atom is 0.0570 e. The molecule has 0 saturated carbocycles. The topological polar surface area (TPSA) is 32.7 Å². The predicted molar refractivity (Wildman–Crippen MR) is 75.0 cm³/mol. The van der Waals surface area contributed by atoms with E-state index in [9.17, 15) is 5.11 Å². The van der Waals surface area contributed by atoms with Crippen molar-refractivity contribution in [1.29, 1.82) is 0 Å². The van der Waals surface area contributed by atoms with Gasteiger partial charge in [0.2, 0.25) is 0 Å². The minimum absolute atomic E-state index is 0.0478. The first-order chi connectivity index (χ1) is 8.72. The van der Waals surface area contributed by atoms with Gasteiger partial charge in [-0.2, -0.15) is 0 Å². The molecule has 18 heavy (non-hydrogen) atoms. The molecule has 104 valence electrons. The summed E-state index contributed by atoms with van der Waals surface area (Å²) in [6, 6.07) is 1.27. The van der Waals surface area contributed by atoms with Crippen LogP contribution in [0.3, 0.4) is 0 Å². The predicted octanol–water partition coefficient (Wildman–Crippen LogP) is 2.17. The summed E-state index contributed by atoms with van der Waals surface area (Å²) < 4.78 is 5.52. The zero-order chi connectivity index (χ0) is 12.6. The van der Waals surface area contributed by atoms with E-state index in [4.69, 9.17) is 4.74 Å². The Morgan fingerprint density at radius 3 is 2.33 bits per heavy atom. The fourth-order valence-electron chi connectivity index (χ4n) is 4.03. The van der Waals surface area contributed by atoms with Crippen molar-refractivity contribution in [3.8, 4) is 0 Å². The van der Waals surface area contributed by atoms with Crippen LogP contribution in [-0.4, -0.2) is 53.3 Å². The van der Waals surface area contributed by atoms with Crippen LogP contribution in [0.25, 0.3) is 0 Å². The average molecular weight is 318 g/mol. The number of nitrogens with zero attached hydrogens (tertiary/aromatic N) is 1. The van der Waals surface area contributed by atoms with Crippen LogP contribution in [0.15, 0.2) is 0 Å². The minimum atomic E-state index is -0.0478. The van der Waals surface area contributed by atoms with E-state index < -0.39 is 0 Å². The molecule has 0 radical (unpaired) electrons. The summed E-state index contributed by atoms with van der Waals surface area (Å²) in [5.74, 6) is 0. The summed E-state index contributed by atoms with van der Waals surface area (Å²) in [6.07, 6.45) is 6.87. The first-order valence-electron chi connectivity index (χ1n) is 7.30. The highest BCUT2D eigenvalue weighted by Crippen LogP contribution is 2.41. The summed E-state index contributed by atoms with van der Waals surface area (Å²) in [5.41, 5.74) is 0.404. The number of aliphatic hydroxyl groups is 1. The van der Waals surface area contributed by atoms with Crippen LogP contribution in [0.1, 0.15) is 38.5 Å². The molecule has 2 atom stereocenters. The van der Waals surface area contributed by atoms with Crippen LogP contribution in [0.5, 0.6) is 0 Å². The number of hydrogen-bond donors (Lipinski definition) is 1. The van der Waals surface area contributed by atoms with Crippen LogP contribution in [-0.2, 0) is 4.74 Å². The molecule has 3 aliphatic heterocycles. The third-order valence-corrected chi connectivity index (χ3v) is 6.40. The molecule has 0 amide bonds. The van der Waals surface area contributed by atoms with Gasteiger partial charge < -0.3 is 9.84 Å². The molecule has 0 aliphatic carbocycles. The number of halogens is 1. The summed E-state index contributed by atoms with van der Waals surface area (Å²) >= 11 is 3.74. The molecule has 3 fully saturated rings. The van der Waals surface area contributed by atoms with Gasteiger partial charge in [0.05, 0.1) is 6.10 Å². The Bertz CT molecular complexity index is 280. The van der Waals surface area contributed by atoms with Gasteiger partial charge in [-0.3, -0.25) is 4.90 Å². The van der Waals surface area contributed by atoms with E-state index in [-0.39, 0.29) is 6.10 Å². The Hall–Kier alpha value is 0.360. The number of fused-ring (bicyclic) bond motifs is 2. The highest BCUT2D eigenvalue weighted by Gasteiger charge is 2.44. The first-order valence-corrected chi connectivity index (χ1v) is 8.42. The number of alkyl halides is 1. The van der Waals surface area contributed by atoms with Gasteiger partial charge in [-0.25, -0.2) is 0 Å². The lowest BCUT2D eigenvalue weighted by molar-refractivity contribution is -0.0262. The standard InChI is InChI=1S/C14H24BrNO2/c15-9-14(3-5-18-6-4-14)10-16-11-1-2-12(16)8-13(17)7-11/h11-13,17H,1-10H2. The van der Waals surface area contributed by atoms with Gasteiger partial charge in [0.15, 0.2) is 0 Å². The van der Waals surface area contributed by atoms with Gasteiger partial charge in [-0.1, -0.05) is 15.9 Å². The Labute approximate surface area is 118 Å². The zero-order valence-corrected chi connectivity index (χ0v) is 12.6. The molecule has 3 saturated heterocycles. The lowest BCUT2D eigenvalue weighted by atomic mass is 9.80. The number of aliphatic hydroxyl groups excluding tert-OH is 1. The van der Waals surface area contributed by atoms with Gasteiger partial charge in [0, 0.05) is 37.2 Å². The summed E-state index contributed by atoms with van der Waals surface area (Å²) in [7, 11) is 0. The number of ether oxygens (including phenoxy) is 1. The second kappa shape index (κ2) is 5.39. The largest absolute Gasteiger partial charge is 0.393 e. The molecule has 4 heteroatoms. The molecule has 2 unspecified atom stereocenters. The Morgan fingerprint density at radius 2 is 1.78 bits per heavy atom. The SMILES string of the molecule is OC1CC2CCC(C1)N2CC1(CBr)CCOCC1. The molecule has 0 spiro atoms. The van der Waals surface area contributed by atoms with Crippen LogP contribution < -0.4 is 0 Å². The van der Waals surface area contributed by atoms with E-state index >= 15 is 0 Å². The van der Waals surface area contributed by atoms with E-state index in [0.29, 0.717) is 17.5 Å². The molecule has 0 aromatic heterocycles. The molecule has 1 N–H and O–H groups in total. The average Bonchev–Trinajstić information content (AvgIpc) is 2.62. The van der Waals surface area contributed by atoms with Gasteiger partial charge in [-0.15, -0.1) is 0 Å². The number of piperidine rings is 1. The molecular formula is C14H24BrNO2. The highest BCUT2D eigenvalue weighted by atomic mass is 79.9. The van der Waals surface area contributed by atoms with Crippen LogP contribution in [0.4, 0.5) is 0 Å². The first kappa shape index (κ1) is 13.3. The molecule has 0 aromatic carbocycles. The third kappa shape index (κ3) is 2.49. The van der Waals surface area contributed by atoms with Crippen molar-refractivity contribution in [3.05, 3.63) is 0 Å². The van der Waals surface area contributed by atoms with E-state index in [1.807, 2.05) is 0 Å². The number of rotatable bonds is 3. The van der Waals surface area contributed by atoms with Gasteiger partial charge in [0.1, 0.15) is 0 Å². The lowest BCUT2D eigenvalue weighted by Gasteiger charge is -2.45. The van der Waals surface area contributed by atoms with Crippen LogP contribution >= 0.6 is 15.9 Å². The molecule has 3 rings (SSSR count). The third-order valence-electron chi connectivity index (χ3n) is 5.21. The number of hydrogen-bond acceptors (Lipinski definition) is 3. The van der Waals surface area contributed by atoms with Crippen molar-refractivity contribution in [2.24, 2.45) is 5.41 Å². The molecule has 2 bridgehead atoms.